The number of hydrogen-bond donors (Lipinski definition) is 2. The van der Waals surface area contributed by atoms with Crippen LogP contribution in [0.4, 0.5) is 5.69 Å². The molecule has 4 nitrogen and oxygen atoms in total. The van der Waals surface area contributed by atoms with E-state index in [0.29, 0.717) is 0 Å². The van der Waals surface area contributed by atoms with Crippen LogP contribution in [0.15, 0.2) is 18.2 Å². The third kappa shape index (κ3) is 4.35. The van der Waals surface area contributed by atoms with E-state index in [0.717, 1.165) is 0 Å². The normalized spacial score (nSPS) is 10.5. The van der Waals surface area contributed by atoms with Gasteiger partial charge in [-0.1, -0.05) is 29.3 Å². The summed E-state index contributed by atoms with van der Waals surface area (Å²) in [7, 11) is -4.31. The van der Waals surface area contributed by atoms with Crippen LogP contribution >= 0.6 is 23.2 Å². The summed E-state index contributed by atoms with van der Waals surface area (Å²) >= 11 is 11.2. The minimum atomic E-state index is -4.31. The molecule has 8 heteroatoms. The zero-order valence-corrected chi connectivity index (χ0v) is 8.49. The molecular formula is C6H6Cl2NNaO3S. The van der Waals surface area contributed by atoms with Gasteiger partial charge in [0, 0.05) is 0 Å². The first kappa shape index (κ1) is 14.5. The van der Waals surface area contributed by atoms with Gasteiger partial charge in [-0.3, -0.25) is 9.27 Å². The average Bonchev–Trinajstić information content (AvgIpc) is 1.96. The van der Waals surface area contributed by atoms with Gasteiger partial charge >= 0.3 is 39.9 Å². The van der Waals surface area contributed by atoms with Crippen molar-refractivity contribution in [3.05, 3.63) is 28.2 Å². The van der Waals surface area contributed by atoms with E-state index in [-0.39, 0.29) is 45.3 Å². The third-order valence-corrected chi connectivity index (χ3v) is 2.49. The molecule has 0 bridgehead atoms. The SMILES string of the molecule is O=S(=O)(O)Nc1cccc(Cl)c1Cl.[NaH]. The van der Waals surface area contributed by atoms with Crippen LogP contribution in [0.25, 0.3) is 0 Å². The Morgan fingerprint density at radius 1 is 1.29 bits per heavy atom. The van der Waals surface area contributed by atoms with Gasteiger partial charge in [-0.15, -0.1) is 0 Å². The van der Waals surface area contributed by atoms with Crippen molar-refractivity contribution in [1.29, 1.82) is 0 Å². The van der Waals surface area contributed by atoms with Gasteiger partial charge in [0.25, 0.3) is 0 Å². The van der Waals surface area contributed by atoms with E-state index in [9.17, 15) is 8.42 Å². The summed E-state index contributed by atoms with van der Waals surface area (Å²) in [5, 5.41) is 0.247. The molecule has 0 aliphatic carbocycles. The fraction of sp³-hybridized carbons (Fsp3) is 0. The number of nitrogens with one attached hydrogen (secondary N) is 1. The molecule has 0 atom stereocenters. The molecular weight excluding hydrogens is 260 g/mol. The summed E-state index contributed by atoms with van der Waals surface area (Å²) in [6.45, 7) is 0. The van der Waals surface area contributed by atoms with Crippen molar-refractivity contribution >= 4 is 68.8 Å². The molecule has 0 amide bonds. The van der Waals surface area contributed by atoms with Crippen LogP contribution in [-0.2, 0) is 10.3 Å². The van der Waals surface area contributed by atoms with Crippen LogP contribution in [0, 0.1) is 0 Å². The van der Waals surface area contributed by atoms with Crippen molar-refractivity contribution in [2.75, 3.05) is 4.72 Å². The molecule has 74 valence electrons. The Hall–Kier alpha value is 0.510. The molecule has 1 rings (SSSR count). The monoisotopic (exact) mass is 265 g/mol. The second-order valence-corrected chi connectivity index (χ2v) is 4.12. The first-order valence-corrected chi connectivity index (χ1v) is 5.29. The Kier molecular flexibility index (Phi) is 5.76. The molecule has 2 N–H and O–H groups in total. The van der Waals surface area contributed by atoms with Crippen LogP contribution < -0.4 is 4.72 Å². The topological polar surface area (TPSA) is 66.4 Å². The molecule has 1 aromatic rings. The fourth-order valence-corrected chi connectivity index (χ4v) is 1.57. The molecule has 0 spiro atoms. The molecule has 14 heavy (non-hydrogen) atoms. The second kappa shape index (κ2) is 5.55. The van der Waals surface area contributed by atoms with Crippen molar-refractivity contribution in [1.82, 2.24) is 0 Å². The standard InChI is InChI=1S/C6H5Cl2NO3S.Na.H/c7-4-2-1-3-5(6(4)8)9-13(10,11)12;;/h1-3,9H,(H,10,11,12);;. The zero-order valence-electron chi connectivity index (χ0n) is 6.16. The number of anilines is 1. The first-order valence-electron chi connectivity index (χ1n) is 3.09. The molecule has 0 heterocycles. The number of halogens is 2. The molecule has 0 saturated heterocycles. The van der Waals surface area contributed by atoms with E-state index < -0.39 is 10.3 Å². The van der Waals surface area contributed by atoms with E-state index in [1.807, 2.05) is 0 Å². The van der Waals surface area contributed by atoms with Crippen LogP contribution in [0.1, 0.15) is 0 Å². The Labute approximate surface area is 114 Å². The van der Waals surface area contributed by atoms with Gasteiger partial charge in [-0.05, 0) is 12.1 Å². The molecule has 0 radical (unpaired) electrons. The van der Waals surface area contributed by atoms with Crippen molar-refractivity contribution < 1.29 is 13.0 Å². The molecule has 0 aliphatic rings. The van der Waals surface area contributed by atoms with Crippen LogP contribution in [0.3, 0.4) is 0 Å². The van der Waals surface area contributed by atoms with Crippen molar-refractivity contribution in [2.24, 2.45) is 0 Å². The summed E-state index contributed by atoms with van der Waals surface area (Å²) in [4.78, 5) is 0. The maximum atomic E-state index is 10.4. The van der Waals surface area contributed by atoms with Crippen molar-refractivity contribution in [3.63, 3.8) is 0 Å². The van der Waals surface area contributed by atoms with Gasteiger partial charge in [0.2, 0.25) is 0 Å². The van der Waals surface area contributed by atoms with Crippen molar-refractivity contribution in [3.8, 4) is 0 Å². The summed E-state index contributed by atoms with van der Waals surface area (Å²) in [6.07, 6.45) is 0. The quantitative estimate of drug-likeness (QED) is 0.630. The van der Waals surface area contributed by atoms with Gasteiger partial charge in [0.1, 0.15) is 0 Å². The van der Waals surface area contributed by atoms with Gasteiger partial charge < -0.3 is 0 Å². The minimum absolute atomic E-state index is 0. The summed E-state index contributed by atoms with van der Waals surface area (Å²) in [6, 6.07) is 4.38. The fourth-order valence-electron chi connectivity index (χ4n) is 0.722. The third-order valence-electron chi connectivity index (χ3n) is 1.19. The molecule has 0 fully saturated rings. The number of rotatable bonds is 2. The van der Waals surface area contributed by atoms with E-state index in [2.05, 4.69) is 0 Å². The average molecular weight is 266 g/mol. The van der Waals surface area contributed by atoms with Gasteiger partial charge in [0.15, 0.2) is 0 Å². The summed E-state index contributed by atoms with van der Waals surface area (Å²) in [5.74, 6) is 0. The van der Waals surface area contributed by atoms with Crippen LogP contribution in [0.2, 0.25) is 10.0 Å². The van der Waals surface area contributed by atoms with Gasteiger partial charge in [-0.2, -0.15) is 8.42 Å². The summed E-state index contributed by atoms with van der Waals surface area (Å²) < 4.78 is 31.1. The molecule has 0 aliphatic heterocycles. The maximum absolute atomic E-state index is 10.4. The Morgan fingerprint density at radius 3 is 2.36 bits per heavy atom. The molecule has 1 aromatic carbocycles. The Balaban J connectivity index is 0.00000169. The molecule has 0 unspecified atom stereocenters. The van der Waals surface area contributed by atoms with Crippen LogP contribution in [-0.4, -0.2) is 42.5 Å². The van der Waals surface area contributed by atoms with Crippen LogP contribution in [0.5, 0.6) is 0 Å². The van der Waals surface area contributed by atoms with E-state index in [1.165, 1.54) is 18.2 Å². The first-order chi connectivity index (χ1) is 5.90. The number of hydrogen-bond acceptors (Lipinski definition) is 2. The van der Waals surface area contributed by atoms with E-state index in [1.54, 1.807) is 4.72 Å². The molecule has 0 saturated carbocycles. The molecule has 0 aromatic heterocycles. The van der Waals surface area contributed by atoms with E-state index in [4.69, 9.17) is 27.8 Å². The predicted molar refractivity (Wildman–Crippen MR) is 58.8 cm³/mol. The zero-order chi connectivity index (χ0) is 10.1. The summed E-state index contributed by atoms with van der Waals surface area (Å²) in [5.41, 5.74) is 0.0386. The van der Waals surface area contributed by atoms with Gasteiger partial charge in [0.05, 0.1) is 15.7 Å². The van der Waals surface area contributed by atoms with Crippen molar-refractivity contribution in [2.45, 2.75) is 0 Å². The van der Waals surface area contributed by atoms with Gasteiger partial charge in [-0.25, -0.2) is 0 Å². The Morgan fingerprint density at radius 2 is 1.86 bits per heavy atom. The van der Waals surface area contributed by atoms with E-state index >= 15 is 0 Å². The Bertz CT molecular complexity index is 423. The predicted octanol–water partition coefficient (Wildman–Crippen LogP) is 1.56. The number of benzene rings is 1. The second-order valence-electron chi connectivity index (χ2n) is 2.18.